The summed E-state index contributed by atoms with van der Waals surface area (Å²) in [6.45, 7) is 2.23. The van der Waals surface area contributed by atoms with Crippen molar-refractivity contribution in [2.45, 2.75) is 31.7 Å². The zero-order valence-corrected chi connectivity index (χ0v) is 8.95. The number of hydrogen-bond acceptors (Lipinski definition) is 3. The Balaban J connectivity index is 2.30. The normalized spacial score (nSPS) is 24.4. The van der Waals surface area contributed by atoms with Crippen LogP contribution in [0, 0.1) is 0 Å². The molecule has 0 saturated heterocycles. The van der Waals surface area contributed by atoms with Gasteiger partial charge in [0.1, 0.15) is 5.75 Å². The molecule has 1 aliphatic rings. The van der Waals surface area contributed by atoms with E-state index >= 15 is 0 Å². The maximum atomic E-state index is 9.41. The molecule has 0 aliphatic carbocycles. The van der Waals surface area contributed by atoms with Crippen LogP contribution in [0.4, 0.5) is 5.69 Å². The average molecular weight is 207 g/mol. The van der Waals surface area contributed by atoms with Crippen molar-refractivity contribution in [3.63, 3.8) is 0 Å². The monoisotopic (exact) mass is 207 g/mol. The molecule has 3 nitrogen and oxygen atoms in total. The summed E-state index contributed by atoms with van der Waals surface area (Å²) < 4.78 is 0. The standard InChI is InChI=1S/C12H17NO2/c1-2-12(8-14)6-5-9-7-10(15)3-4-11(9)13-12/h3-4,7,13-15H,2,5-6,8H2,1H3. The van der Waals surface area contributed by atoms with Crippen LogP contribution in [-0.4, -0.2) is 22.4 Å². The minimum absolute atomic E-state index is 0.157. The van der Waals surface area contributed by atoms with E-state index < -0.39 is 0 Å². The van der Waals surface area contributed by atoms with Gasteiger partial charge >= 0.3 is 0 Å². The van der Waals surface area contributed by atoms with Gasteiger partial charge in [0.15, 0.2) is 0 Å². The van der Waals surface area contributed by atoms with E-state index in [9.17, 15) is 10.2 Å². The molecule has 1 heterocycles. The third kappa shape index (κ3) is 1.79. The Labute approximate surface area is 89.8 Å². The van der Waals surface area contributed by atoms with Crippen molar-refractivity contribution in [2.24, 2.45) is 0 Å². The Hall–Kier alpha value is -1.22. The molecule has 1 unspecified atom stereocenters. The van der Waals surface area contributed by atoms with E-state index in [1.54, 1.807) is 12.1 Å². The topological polar surface area (TPSA) is 52.5 Å². The molecule has 1 aliphatic heterocycles. The van der Waals surface area contributed by atoms with Gasteiger partial charge in [-0.05, 0) is 43.0 Å². The SMILES string of the molecule is CCC1(CO)CCc2cc(O)ccc2N1. The number of anilines is 1. The fraction of sp³-hybridized carbons (Fsp3) is 0.500. The third-order valence-corrected chi connectivity index (χ3v) is 3.34. The predicted molar refractivity (Wildman–Crippen MR) is 60.2 cm³/mol. The highest BCUT2D eigenvalue weighted by molar-refractivity contribution is 5.57. The first-order chi connectivity index (χ1) is 7.19. The fourth-order valence-corrected chi connectivity index (χ4v) is 2.13. The molecular weight excluding hydrogens is 190 g/mol. The Morgan fingerprint density at radius 2 is 2.27 bits per heavy atom. The quantitative estimate of drug-likeness (QED) is 0.649. The lowest BCUT2D eigenvalue weighted by Gasteiger charge is -2.38. The van der Waals surface area contributed by atoms with Gasteiger partial charge in [0.2, 0.25) is 0 Å². The van der Waals surface area contributed by atoms with Crippen molar-refractivity contribution >= 4 is 5.69 Å². The van der Waals surface area contributed by atoms with Crippen LogP contribution >= 0.6 is 0 Å². The molecule has 82 valence electrons. The third-order valence-electron chi connectivity index (χ3n) is 3.34. The number of aliphatic hydroxyl groups excluding tert-OH is 1. The van der Waals surface area contributed by atoms with Crippen molar-refractivity contribution in [1.82, 2.24) is 0 Å². The number of fused-ring (bicyclic) bond motifs is 1. The molecule has 0 spiro atoms. The van der Waals surface area contributed by atoms with Crippen LogP contribution in [0.25, 0.3) is 0 Å². The minimum Gasteiger partial charge on any atom is -0.508 e. The zero-order valence-electron chi connectivity index (χ0n) is 8.95. The number of hydrogen-bond donors (Lipinski definition) is 3. The van der Waals surface area contributed by atoms with E-state index in [1.165, 1.54) is 0 Å². The van der Waals surface area contributed by atoms with Crippen molar-refractivity contribution < 1.29 is 10.2 Å². The molecule has 1 aromatic rings. The van der Waals surface area contributed by atoms with Gasteiger partial charge in [0, 0.05) is 5.69 Å². The molecular formula is C12H17NO2. The van der Waals surface area contributed by atoms with Gasteiger partial charge in [0.05, 0.1) is 12.1 Å². The van der Waals surface area contributed by atoms with Crippen LogP contribution in [0.1, 0.15) is 25.3 Å². The lowest BCUT2D eigenvalue weighted by atomic mass is 9.85. The molecule has 2 rings (SSSR count). The van der Waals surface area contributed by atoms with Crippen molar-refractivity contribution in [3.05, 3.63) is 23.8 Å². The fourth-order valence-electron chi connectivity index (χ4n) is 2.13. The Morgan fingerprint density at radius 1 is 1.47 bits per heavy atom. The summed E-state index contributed by atoms with van der Waals surface area (Å²) in [5.41, 5.74) is 1.99. The molecule has 1 atom stereocenters. The Morgan fingerprint density at radius 3 is 2.93 bits per heavy atom. The lowest BCUT2D eigenvalue weighted by Crippen LogP contribution is -2.44. The number of aliphatic hydroxyl groups is 1. The molecule has 3 heteroatoms. The van der Waals surface area contributed by atoms with Gasteiger partial charge in [-0.3, -0.25) is 0 Å². The maximum absolute atomic E-state index is 9.41. The average Bonchev–Trinajstić information content (AvgIpc) is 2.28. The first-order valence-corrected chi connectivity index (χ1v) is 5.40. The number of phenols is 1. The van der Waals surface area contributed by atoms with E-state index in [1.807, 2.05) is 6.07 Å². The van der Waals surface area contributed by atoms with Gasteiger partial charge in [0.25, 0.3) is 0 Å². The highest BCUT2D eigenvalue weighted by atomic mass is 16.3. The molecule has 0 amide bonds. The van der Waals surface area contributed by atoms with E-state index in [-0.39, 0.29) is 12.1 Å². The smallest absolute Gasteiger partial charge is 0.116 e. The van der Waals surface area contributed by atoms with Gasteiger partial charge in [-0.25, -0.2) is 0 Å². The van der Waals surface area contributed by atoms with Crippen LogP contribution < -0.4 is 5.32 Å². The second kappa shape index (κ2) is 3.74. The number of aromatic hydroxyl groups is 1. The zero-order chi connectivity index (χ0) is 10.9. The highest BCUT2D eigenvalue weighted by Crippen LogP contribution is 2.34. The summed E-state index contributed by atoms with van der Waals surface area (Å²) in [7, 11) is 0. The van der Waals surface area contributed by atoms with E-state index in [4.69, 9.17) is 0 Å². The second-order valence-electron chi connectivity index (χ2n) is 4.26. The molecule has 0 bridgehead atoms. The van der Waals surface area contributed by atoms with Gasteiger partial charge in [-0.15, -0.1) is 0 Å². The first kappa shape index (κ1) is 10.3. The molecule has 1 aromatic carbocycles. The lowest BCUT2D eigenvalue weighted by molar-refractivity contribution is 0.195. The minimum atomic E-state index is -0.177. The van der Waals surface area contributed by atoms with Crippen molar-refractivity contribution in [1.29, 1.82) is 0 Å². The molecule has 15 heavy (non-hydrogen) atoms. The number of rotatable bonds is 2. The first-order valence-electron chi connectivity index (χ1n) is 5.40. The number of benzene rings is 1. The number of aryl methyl sites for hydroxylation is 1. The molecule has 0 radical (unpaired) electrons. The van der Waals surface area contributed by atoms with Crippen LogP contribution in [0.3, 0.4) is 0 Å². The maximum Gasteiger partial charge on any atom is 0.116 e. The number of nitrogens with one attached hydrogen (secondary N) is 1. The van der Waals surface area contributed by atoms with E-state index in [2.05, 4.69) is 12.2 Å². The second-order valence-corrected chi connectivity index (χ2v) is 4.26. The van der Waals surface area contributed by atoms with Crippen molar-refractivity contribution in [3.8, 4) is 5.75 Å². The van der Waals surface area contributed by atoms with E-state index in [0.29, 0.717) is 5.75 Å². The molecule has 3 N–H and O–H groups in total. The molecule has 0 fully saturated rings. The summed E-state index contributed by atoms with van der Waals surface area (Å²) in [5, 5.41) is 22.1. The van der Waals surface area contributed by atoms with Crippen LogP contribution in [0.15, 0.2) is 18.2 Å². The summed E-state index contributed by atoms with van der Waals surface area (Å²) in [6.07, 6.45) is 2.73. The summed E-state index contributed by atoms with van der Waals surface area (Å²) in [5.74, 6) is 0.309. The molecule has 0 saturated carbocycles. The summed E-state index contributed by atoms with van der Waals surface area (Å²) in [4.78, 5) is 0. The van der Waals surface area contributed by atoms with Crippen LogP contribution in [-0.2, 0) is 6.42 Å². The summed E-state index contributed by atoms with van der Waals surface area (Å²) in [6, 6.07) is 5.35. The Bertz CT molecular complexity index is 359. The van der Waals surface area contributed by atoms with Gasteiger partial charge < -0.3 is 15.5 Å². The highest BCUT2D eigenvalue weighted by Gasteiger charge is 2.31. The number of phenolic OH excluding ortho intramolecular Hbond substituents is 1. The van der Waals surface area contributed by atoms with Crippen molar-refractivity contribution in [2.75, 3.05) is 11.9 Å². The van der Waals surface area contributed by atoms with Gasteiger partial charge in [-0.1, -0.05) is 6.92 Å². The predicted octanol–water partition coefficient (Wildman–Crippen LogP) is 1.89. The van der Waals surface area contributed by atoms with E-state index in [0.717, 1.165) is 30.5 Å². The van der Waals surface area contributed by atoms with Gasteiger partial charge in [-0.2, -0.15) is 0 Å². The van der Waals surface area contributed by atoms with Crippen LogP contribution in [0.2, 0.25) is 0 Å². The summed E-state index contributed by atoms with van der Waals surface area (Å²) >= 11 is 0. The Kier molecular flexibility index (Phi) is 2.57. The van der Waals surface area contributed by atoms with Crippen LogP contribution in [0.5, 0.6) is 5.75 Å². The largest absolute Gasteiger partial charge is 0.508 e. The molecule has 0 aromatic heterocycles.